The van der Waals surface area contributed by atoms with Gasteiger partial charge in [0.25, 0.3) is 5.91 Å². The van der Waals surface area contributed by atoms with Crippen LogP contribution in [-0.2, 0) is 13.0 Å². The molecule has 0 atom stereocenters. The number of halogens is 1. The molecule has 4 heteroatoms. The highest BCUT2D eigenvalue weighted by atomic mass is 19.1. The van der Waals surface area contributed by atoms with Crippen molar-refractivity contribution in [1.29, 1.82) is 0 Å². The van der Waals surface area contributed by atoms with Crippen molar-refractivity contribution in [2.24, 2.45) is 0 Å². The molecule has 3 nitrogen and oxygen atoms in total. The van der Waals surface area contributed by atoms with E-state index in [1.807, 2.05) is 18.2 Å². The SMILES string of the molecule is O=C(Nc1ccc(F)cc1)c1ccc2c(c1)CNCC2. The highest BCUT2D eigenvalue weighted by molar-refractivity contribution is 6.04. The van der Waals surface area contributed by atoms with Crippen molar-refractivity contribution in [2.75, 3.05) is 11.9 Å². The Kier molecular flexibility index (Phi) is 3.48. The van der Waals surface area contributed by atoms with E-state index in [1.54, 1.807) is 12.1 Å². The minimum absolute atomic E-state index is 0.176. The maximum atomic E-state index is 12.8. The summed E-state index contributed by atoms with van der Waals surface area (Å²) in [5.74, 6) is -0.493. The van der Waals surface area contributed by atoms with Crippen LogP contribution in [0.1, 0.15) is 21.5 Å². The van der Waals surface area contributed by atoms with Gasteiger partial charge in [-0.1, -0.05) is 6.07 Å². The van der Waals surface area contributed by atoms with Crippen molar-refractivity contribution in [2.45, 2.75) is 13.0 Å². The highest BCUT2D eigenvalue weighted by Crippen LogP contribution is 2.17. The molecule has 0 aliphatic carbocycles. The van der Waals surface area contributed by atoms with Gasteiger partial charge in [-0.3, -0.25) is 4.79 Å². The van der Waals surface area contributed by atoms with E-state index in [0.717, 1.165) is 19.5 Å². The van der Waals surface area contributed by atoms with Crippen LogP contribution >= 0.6 is 0 Å². The van der Waals surface area contributed by atoms with Gasteiger partial charge in [-0.15, -0.1) is 0 Å². The molecule has 0 radical (unpaired) electrons. The quantitative estimate of drug-likeness (QED) is 0.881. The van der Waals surface area contributed by atoms with Crippen molar-refractivity contribution in [3.05, 3.63) is 65.0 Å². The number of anilines is 1. The number of hydrogen-bond donors (Lipinski definition) is 2. The standard InChI is InChI=1S/C16H15FN2O/c17-14-3-5-15(6-4-14)19-16(20)12-2-1-11-7-8-18-10-13(11)9-12/h1-6,9,18H,7-8,10H2,(H,19,20). The third-order valence-electron chi connectivity index (χ3n) is 3.46. The molecule has 1 amide bonds. The average Bonchev–Trinajstić information content (AvgIpc) is 2.49. The molecule has 2 aromatic rings. The third kappa shape index (κ3) is 2.70. The Morgan fingerprint density at radius 2 is 1.90 bits per heavy atom. The van der Waals surface area contributed by atoms with Crippen molar-refractivity contribution >= 4 is 11.6 Å². The van der Waals surface area contributed by atoms with Gasteiger partial charge in [0.05, 0.1) is 0 Å². The van der Waals surface area contributed by atoms with Crippen LogP contribution in [0.25, 0.3) is 0 Å². The van der Waals surface area contributed by atoms with Gasteiger partial charge in [-0.05, 0) is 60.5 Å². The predicted octanol–water partition coefficient (Wildman–Crippen LogP) is 2.72. The average molecular weight is 270 g/mol. The van der Waals surface area contributed by atoms with Crippen LogP contribution in [0.3, 0.4) is 0 Å². The molecule has 0 saturated carbocycles. The molecule has 1 aliphatic heterocycles. The molecule has 2 aromatic carbocycles. The predicted molar refractivity (Wildman–Crippen MR) is 76.2 cm³/mol. The van der Waals surface area contributed by atoms with E-state index >= 15 is 0 Å². The number of benzene rings is 2. The summed E-state index contributed by atoms with van der Waals surface area (Å²) in [5, 5.41) is 6.06. The molecule has 0 spiro atoms. The van der Waals surface area contributed by atoms with Crippen LogP contribution in [0.2, 0.25) is 0 Å². The normalized spacial score (nSPS) is 13.7. The van der Waals surface area contributed by atoms with Gasteiger partial charge in [0, 0.05) is 17.8 Å². The molecule has 2 N–H and O–H groups in total. The van der Waals surface area contributed by atoms with Crippen molar-refractivity contribution in [1.82, 2.24) is 5.32 Å². The molecule has 0 fully saturated rings. The lowest BCUT2D eigenvalue weighted by molar-refractivity contribution is 0.102. The van der Waals surface area contributed by atoms with Gasteiger partial charge in [0.1, 0.15) is 5.82 Å². The largest absolute Gasteiger partial charge is 0.322 e. The Balaban J connectivity index is 1.78. The lowest BCUT2D eigenvalue weighted by atomic mass is 9.98. The molecule has 102 valence electrons. The zero-order valence-electron chi connectivity index (χ0n) is 10.9. The van der Waals surface area contributed by atoms with Crippen LogP contribution in [-0.4, -0.2) is 12.5 Å². The number of hydrogen-bond acceptors (Lipinski definition) is 2. The Morgan fingerprint density at radius 3 is 2.70 bits per heavy atom. The molecule has 1 heterocycles. The summed E-state index contributed by atoms with van der Waals surface area (Å²) in [7, 11) is 0. The highest BCUT2D eigenvalue weighted by Gasteiger charge is 2.12. The Labute approximate surface area is 116 Å². The lowest BCUT2D eigenvalue weighted by Crippen LogP contribution is -2.24. The zero-order valence-corrected chi connectivity index (χ0v) is 10.9. The summed E-state index contributed by atoms with van der Waals surface area (Å²) in [6.07, 6.45) is 0.995. The molecular weight excluding hydrogens is 255 g/mol. The van der Waals surface area contributed by atoms with E-state index in [0.29, 0.717) is 11.3 Å². The van der Waals surface area contributed by atoms with Crippen LogP contribution in [0, 0.1) is 5.82 Å². The first-order chi connectivity index (χ1) is 9.72. The molecule has 3 rings (SSSR count). The Morgan fingerprint density at radius 1 is 1.10 bits per heavy atom. The minimum atomic E-state index is -0.317. The van der Waals surface area contributed by atoms with Crippen LogP contribution in [0.5, 0.6) is 0 Å². The first kappa shape index (κ1) is 12.8. The summed E-state index contributed by atoms with van der Waals surface area (Å²) < 4.78 is 12.8. The van der Waals surface area contributed by atoms with E-state index < -0.39 is 0 Å². The van der Waals surface area contributed by atoms with Crippen molar-refractivity contribution in [3.63, 3.8) is 0 Å². The summed E-state index contributed by atoms with van der Waals surface area (Å²) in [6, 6.07) is 11.5. The van der Waals surface area contributed by atoms with Crippen molar-refractivity contribution < 1.29 is 9.18 Å². The van der Waals surface area contributed by atoms with Gasteiger partial charge in [0.15, 0.2) is 0 Å². The molecule has 20 heavy (non-hydrogen) atoms. The summed E-state index contributed by atoms with van der Waals surface area (Å²) in [5.41, 5.74) is 3.68. The number of carbonyl (C=O) groups excluding carboxylic acids is 1. The smallest absolute Gasteiger partial charge is 0.255 e. The van der Waals surface area contributed by atoms with E-state index in [1.165, 1.54) is 23.3 Å². The monoisotopic (exact) mass is 270 g/mol. The summed E-state index contributed by atoms with van der Waals surface area (Å²) in [4.78, 5) is 12.2. The Bertz CT molecular complexity index is 637. The first-order valence-corrected chi connectivity index (χ1v) is 6.62. The Hall–Kier alpha value is -2.20. The van der Waals surface area contributed by atoms with E-state index in [2.05, 4.69) is 10.6 Å². The fourth-order valence-electron chi connectivity index (χ4n) is 2.36. The number of fused-ring (bicyclic) bond motifs is 1. The van der Waals surface area contributed by atoms with Gasteiger partial charge < -0.3 is 10.6 Å². The molecule has 1 aliphatic rings. The van der Waals surface area contributed by atoms with Crippen LogP contribution < -0.4 is 10.6 Å². The molecule has 0 bridgehead atoms. The number of amides is 1. The van der Waals surface area contributed by atoms with Crippen LogP contribution in [0.4, 0.5) is 10.1 Å². The fraction of sp³-hybridized carbons (Fsp3) is 0.188. The van der Waals surface area contributed by atoms with E-state index in [9.17, 15) is 9.18 Å². The second kappa shape index (κ2) is 5.43. The van der Waals surface area contributed by atoms with Gasteiger partial charge >= 0.3 is 0 Å². The van der Waals surface area contributed by atoms with Gasteiger partial charge in [-0.2, -0.15) is 0 Å². The fourth-order valence-corrected chi connectivity index (χ4v) is 2.36. The summed E-state index contributed by atoms with van der Waals surface area (Å²) >= 11 is 0. The second-order valence-electron chi connectivity index (χ2n) is 4.87. The maximum absolute atomic E-state index is 12.8. The van der Waals surface area contributed by atoms with Gasteiger partial charge in [0.2, 0.25) is 0 Å². The molecule has 0 saturated heterocycles. The summed E-state index contributed by atoms with van der Waals surface area (Å²) in [6.45, 7) is 1.78. The molecule has 0 aromatic heterocycles. The van der Waals surface area contributed by atoms with E-state index in [4.69, 9.17) is 0 Å². The maximum Gasteiger partial charge on any atom is 0.255 e. The minimum Gasteiger partial charge on any atom is -0.322 e. The van der Waals surface area contributed by atoms with E-state index in [-0.39, 0.29) is 11.7 Å². The number of rotatable bonds is 2. The first-order valence-electron chi connectivity index (χ1n) is 6.62. The second-order valence-corrected chi connectivity index (χ2v) is 4.87. The third-order valence-corrected chi connectivity index (χ3v) is 3.46. The van der Waals surface area contributed by atoms with Crippen molar-refractivity contribution in [3.8, 4) is 0 Å². The zero-order chi connectivity index (χ0) is 13.9. The lowest BCUT2D eigenvalue weighted by Gasteiger charge is -2.17. The molecule has 0 unspecified atom stereocenters. The molecular formula is C16H15FN2O. The van der Waals surface area contributed by atoms with Gasteiger partial charge in [-0.25, -0.2) is 4.39 Å². The number of nitrogens with one attached hydrogen (secondary N) is 2. The number of carbonyl (C=O) groups is 1. The van der Waals surface area contributed by atoms with Crippen LogP contribution in [0.15, 0.2) is 42.5 Å². The topological polar surface area (TPSA) is 41.1 Å².